The highest BCUT2D eigenvalue weighted by molar-refractivity contribution is 7.54. The maximum atomic E-state index is 11.7. The Hall–Kier alpha value is -1.44. The van der Waals surface area contributed by atoms with Gasteiger partial charge in [0.05, 0.1) is 13.0 Å². The van der Waals surface area contributed by atoms with Gasteiger partial charge in [0, 0.05) is 66.7 Å². The van der Waals surface area contributed by atoms with Crippen LogP contribution in [0.25, 0.3) is 0 Å². The molecule has 0 aromatic rings. The fraction of sp³-hybridized carbons (Fsp3) is 0.739. The van der Waals surface area contributed by atoms with Gasteiger partial charge in [-0.15, -0.1) is 23.7 Å². The Morgan fingerprint density at radius 3 is 1.44 bits per heavy atom. The zero-order valence-corrected chi connectivity index (χ0v) is 24.0. The van der Waals surface area contributed by atoms with Crippen molar-refractivity contribution in [1.29, 1.82) is 0 Å². The van der Waals surface area contributed by atoms with Gasteiger partial charge >= 0.3 is 21.2 Å². The third kappa shape index (κ3) is 21.1. The summed E-state index contributed by atoms with van der Waals surface area (Å²) < 4.78 is 45.0. The number of ketones is 1. The van der Waals surface area contributed by atoms with Crippen LogP contribution in [0.15, 0.2) is 0 Å². The highest BCUT2D eigenvalue weighted by Gasteiger charge is 2.27. The van der Waals surface area contributed by atoms with E-state index in [1.807, 2.05) is 20.8 Å². The summed E-state index contributed by atoms with van der Waals surface area (Å²) >= 11 is 0. The van der Waals surface area contributed by atoms with Crippen LogP contribution in [0, 0.1) is 35.5 Å². The normalized spacial score (nSPS) is 12.1. The molecule has 0 saturated heterocycles. The van der Waals surface area contributed by atoms with Gasteiger partial charge in [-0.05, 0) is 0 Å². The molecule has 0 bridgehead atoms. The zero-order valence-electron chi connectivity index (χ0n) is 22.3. The number of hydrogen-bond acceptors (Lipinski definition) is 9. The van der Waals surface area contributed by atoms with Crippen molar-refractivity contribution in [3.8, 4) is 23.7 Å². The molecule has 0 radical (unpaired) electrons. The van der Waals surface area contributed by atoms with Crippen LogP contribution in [0.3, 0.4) is 0 Å². The molecule has 34 heavy (non-hydrogen) atoms. The molecule has 11 heteroatoms. The molecule has 0 amide bonds. The fourth-order valence-electron chi connectivity index (χ4n) is 1.72. The van der Waals surface area contributed by atoms with Crippen molar-refractivity contribution in [2.75, 3.05) is 48.4 Å². The number of rotatable bonds is 10. The molecule has 0 unspecified atom stereocenters. The third-order valence-corrected chi connectivity index (χ3v) is 7.28. The summed E-state index contributed by atoms with van der Waals surface area (Å²) in [6.07, 6.45) is 2.51. The molecule has 0 spiro atoms. The lowest BCUT2D eigenvalue weighted by molar-refractivity contribution is -0.144. The lowest BCUT2D eigenvalue weighted by Crippen LogP contribution is -2.16. The van der Waals surface area contributed by atoms with Gasteiger partial charge in [-0.1, -0.05) is 27.7 Å². The Balaban J connectivity index is -0.000000462. The van der Waals surface area contributed by atoms with Gasteiger partial charge in [0.2, 0.25) is 0 Å². The van der Waals surface area contributed by atoms with E-state index in [1.165, 1.54) is 42.2 Å². The first-order valence-corrected chi connectivity index (χ1v) is 14.5. The summed E-state index contributed by atoms with van der Waals surface area (Å²) in [6, 6.07) is 0. The van der Waals surface area contributed by atoms with Crippen LogP contribution in [-0.4, -0.2) is 60.1 Å². The number of ether oxygens (including phenoxy) is 1. The summed E-state index contributed by atoms with van der Waals surface area (Å²) in [7, 11) is 0.769. The minimum Gasteiger partial charge on any atom is -0.469 e. The molecule has 198 valence electrons. The second kappa shape index (κ2) is 22.1. The molecule has 0 aliphatic rings. The number of Topliss-reactive ketones (excluding diaryl/α,β-unsaturated/α-hetero) is 1. The Bertz CT molecular complexity index is 772. The quantitative estimate of drug-likeness (QED) is 0.217. The van der Waals surface area contributed by atoms with Gasteiger partial charge < -0.3 is 22.8 Å². The van der Waals surface area contributed by atoms with Gasteiger partial charge in [0.1, 0.15) is 11.9 Å². The van der Waals surface area contributed by atoms with Crippen LogP contribution in [0.1, 0.15) is 53.4 Å². The fourth-order valence-corrected chi connectivity index (χ4v) is 2.97. The average Bonchev–Trinajstić information content (AvgIpc) is 2.84. The van der Waals surface area contributed by atoms with Crippen molar-refractivity contribution < 1.29 is 41.6 Å². The van der Waals surface area contributed by atoms with Gasteiger partial charge in [-0.3, -0.25) is 18.7 Å². The average molecular weight is 525 g/mol. The Kier molecular flexibility index (Phi) is 24.1. The number of hydrogen-bond donors (Lipinski definition) is 0. The van der Waals surface area contributed by atoms with Crippen LogP contribution in [-0.2, 0) is 41.6 Å². The third-order valence-electron chi connectivity index (χ3n) is 4.14. The largest absolute Gasteiger partial charge is 0.469 e. The van der Waals surface area contributed by atoms with E-state index in [9.17, 15) is 18.7 Å². The monoisotopic (exact) mass is 524 g/mol. The predicted molar refractivity (Wildman–Crippen MR) is 135 cm³/mol. The molecule has 0 fully saturated rings. The molecule has 0 rings (SSSR count). The molecular weight excluding hydrogens is 482 g/mol. The molecule has 0 heterocycles. The molecule has 9 nitrogen and oxygen atoms in total. The Labute approximate surface area is 206 Å². The standard InChI is InChI=1S/C11H19O4P.C9H14O2.C3H9O3P/c1-5-6-7-8-10(2)11(12)9-16(13,14-3)15-4;1-4-5-6-7-8(2)9(10)11-3;1-5-7(3,4)6-2/h10H,5,8-9H2,1-4H3;8H,4,7H2,1-3H3;1-3H3/t10-;8-;/m00./s1. The van der Waals surface area contributed by atoms with Crippen molar-refractivity contribution in [3.05, 3.63) is 0 Å². The maximum Gasteiger partial charge on any atom is 0.337 e. The van der Waals surface area contributed by atoms with Crippen LogP contribution in [0.4, 0.5) is 0 Å². The predicted octanol–water partition coefficient (Wildman–Crippen LogP) is 5.18. The number of carbonyl (C=O) groups excluding carboxylic acids is 2. The van der Waals surface area contributed by atoms with Crippen molar-refractivity contribution in [2.45, 2.75) is 53.4 Å². The summed E-state index contributed by atoms with van der Waals surface area (Å²) in [4.78, 5) is 22.5. The van der Waals surface area contributed by atoms with Crippen molar-refractivity contribution in [2.24, 2.45) is 11.8 Å². The Morgan fingerprint density at radius 2 is 1.15 bits per heavy atom. The summed E-state index contributed by atoms with van der Waals surface area (Å²) in [5.41, 5.74) is 0. The number of methoxy groups -OCH3 is 1. The minimum atomic E-state index is -3.23. The zero-order chi connectivity index (χ0) is 27.2. The lowest BCUT2D eigenvalue weighted by Gasteiger charge is -2.14. The lowest BCUT2D eigenvalue weighted by atomic mass is 10.0. The molecule has 0 aliphatic heterocycles. The topological polar surface area (TPSA) is 114 Å². The summed E-state index contributed by atoms with van der Waals surface area (Å²) in [6.45, 7) is 8.92. The second-order valence-electron chi connectivity index (χ2n) is 6.88. The van der Waals surface area contributed by atoms with Crippen molar-refractivity contribution in [3.63, 3.8) is 0 Å². The highest BCUT2D eigenvalue weighted by Crippen LogP contribution is 2.46. The molecule has 2 atom stereocenters. The second-order valence-corrected chi connectivity index (χ2v) is 11.4. The maximum absolute atomic E-state index is 11.7. The van der Waals surface area contributed by atoms with Gasteiger partial charge in [-0.25, -0.2) is 0 Å². The van der Waals surface area contributed by atoms with Crippen LogP contribution < -0.4 is 0 Å². The van der Waals surface area contributed by atoms with Crippen LogP contribution >= 0.6 is 15.2 Å². The first-order chi connectivity index (χ1) is 15.8. The first kappa shape index (κ1) is 37.1. The van der Waals surface area contributed by atoms with E-state index < -0.39 is 15.2 Å². The van der Waals surface area contributed by atoms with Crippen LogP contribution in [0.5, 0.6) is 0 Å². The van der Waals surface area contributed by atoms with Gasteiger partial charge in [0.25, 0.3) is 0 Å². The first-order valence-electron chi connectivity index (χ1n) is 10.7. The van der Waals surface area contributed by atoms with Gasteiger partial charge in [0.15, 0.2) is 0 Å². The van der Waals surface area contributed by atoms with Crippen molar-refractivity contribution >= 4 is 26.9 Å². The van der Waals surface area contributed by atoms with E-state index in [1.54, 1.807) is 6.92 Å². The smallest absolute Gasteiger partial charge is 0.337 e. The van der Waals surface area contributed by atoms with E-state index in [0.717, 1.165) is 12.8 Å². The highest BCUT2D eigenvalue weighted by atomic mass is 31.2. The van der Waals surface area contributed by atoms with E-state index in [2.05, 4.69) is 37.5 Å². The number of esters is 1. The van der Waals surface area contributed by atoms with Crippen molar-refractivity contribution in [1.82, 2.24) is 0 Å². The molecule has 0 aromatic heterocycles. The SMILES string of the molecule is CCC#CC[C@H](C)C(=O)CP(=O)(OC)OC.CCC#CC[C@H](C)C(=O)OC.COP(C)(=O)OC. The molecule has 0 aromatic carbocycles. The summed E-state index contributed by atoms with van der Waals surface area (Å²) in [5.74, 6) is 10.9. The molecule has 0 saturated carbocycles. The molecule has 0 N–H and O–H groups in total. The Morgan fingerprint density at radius 1 is 0.735 bits per heavy atom. The van der Waals surface area contributed by atoms with E-state index in [4.69, 9.17) is 9.05 Å². The minimum absolute atomic E-state index is 0.0981. The van der Waals surface area contributed by atoms with E-state index >= 15 is 0 Å². The van der Waals surface area contributed by atoms with Gasteiger partial charge in [-0.2, -0.15) is 0 Å². The molecule has 0 aliphatic carbocycles. The van der Waals surface area contributed by atoms with Crippen LogP contribution in [0.2, 0.25) is 0 Å². The number of carbonyl (C=O) groups is 2. The van der Waals surface area contributed by atoms with E-state index in [-0.39, 0.29) is 29.8 Å². The summed E-state index contributed by atoms with van der Waals surface area (Å²) in [5, 5.41) is 0. The molecular formula is C23H42O9P2. The van der Waals surface area contributed by atoms with E-state index in [0.29, 0.717) is 12.8 Å².